The monoisotopic (exact) mass is 359 g/mol. The highest BCUT2D eigenvalue weighted by Gasteiger charge is 2.25. The number of oxazole rings is 1. The Morgan fingerprint density at radius 1 is 1.12 bits per heavy atom. The molecule has 0 aliphatic carbocycles. The molecule has 1 saturated heterocycles. The van der Waals surface area contributed by atoms with Gasteiger partial charge in [-0.15, -0.1) is 0 Å². The van der Waals surface area contributed by atoms with E-state index in [9.17, 15) is 14.4 Å². The first-order valence-electron chi connectivity index (χ1n) is 8.49. The molecule has 2 aromatic rings. The molecule has 1 fully saturated rings. The molecule has 0 unspecified atom stereocenters. The van der Waals surface area contributed by atoms with Gasteiger partial charge in [-0.25, -0.2) is 4.98 Å². The van der Waals surface area contributed by atoms with E-state index in [1.54, 1.807) is 34.9 Å². The van der Waals surface area contributed by atoms with E-state index in [0.717, 1.165) is 5.52 Å². The van der Waals surface area contributed by atoms with Crippen molar-refractivity contribution in [3.05, 3.63) is 29.7 Å². The molecule has 0 saturated carbocycles. The van der Waals surface area contributed by atoms with Crippen molar-refractivity contribution in [3.8, 4) is 0 Å². The van der Waals surface area contributed by atoms with Gasteiger partial charge in [0.2, 0.25) is 5.91 Å². The number of carbonyl (C=O) groups is 3. The maximum Gasteiger partial charge on any atom is 0.306 e. The van der Waals surface area contributed by atoms with Gasteiger partial charge < -0.3 is 19.0 Å². The Kier molecular flexibility index (Phi) is 5.20. The summed E-state index contributed by atoms with van der Waals surface area (Å²) in [5.74, 6) is -0.0300. The van der Waals surface area contributed by atoms with Crippen LogP contribution in [0, 0.1) is 6.92 Å². The minimum atomic E-state index is -0.398. The van der Waals surface area contributed by atoms with Gasteiger partial charge in [0.15, 0.2) is 11.5 Å². The molecule has 0 bridgehead atoms. The lowest BCUT2D eigenvalue weighted by atomic mass is 10.1. The number of fused-ring (bicyclic) bond motifs is 1. The van der Waals surface area contributed by atoms with Gasteiger partial charge in [0.1, 0.15) is 5.52 Å². The van der Waals surface area contributed by atoms with Crippen LogP contribution in [-0.2, 0) is 14.3 Å². The van der Waals surface area contributed by atoms with Crippen LogP contribution < -0.4 is 0 Å². The van der Waals surface area contributed by atoms with Crippen molar-refractivity contribution in [3.63, 3.8) is 0 Å². The van der Waals surface area contributed by atoms with Crippen molar-refractivity contribution in [2.24, 2.45) is 0 Å². The number of methoxy groups -OCH3 is 1. The molecule has 138 valence electrons. The highest BCUT2D eigenvalue weighted by atomic mass is 16.5. The number of hydrogen-bond acceptors (Lipinski definition) is 6. The zero-order chi connectivity index (χ0) is 18.7. The maximum atomic E-state index is 12.7. The summed E-state index contributed by atoms with van der Waals surface area (Å²) in [6, 6.07) is 5.21. The van der Waals surface area contributed by atoms with E-state index in [0.29, 0.717) is 43.2 Å². The fourth-order valence-electron chi connectivity index (χ4n) is 2.98. The first-order chi connectivity index (χ1) is 12.5. The predicted molar refractivity (Wildman–Crippen MR) is 92.5 cm³/mol. The molecule has 8 heteroatoms. The molecule has 3 rings (SSSR count). The molecule has 2 heterocycles. The van der Waals surface area contributed by atoms with Gasteiger partial charge in [-0.1, -0.05) is 0 Å². The average Bonchev–Trinajstić information content (AvgIpc) is 3.04. The number of aromatic nitrogens is 1. The number of ether oxygens (including phenoxy) is 1. The van der Waals surface area contributed by atoms with E-state index in [4.69, 9.17) is 4.42 Å². The second-order valence-corrected chi connectivity index (χ2v) is 6.16. The second kappa shape index (κ2) is 7.55. The Morgan fingerprint density at radius 2 is 1.81 bits per heavy atom. The summed E-state index contributed by atoms with van der Waals surface area (Å²) in [6.07, 6.45) is 0.202. The van der Waals surface area contributed by atoms with E-state index in [1.807, 2.05) is 0 Å². The van der Waals surface area contributed by atoms with Gasteiger partial charge in [-0.3, -0.25) is 14.4 Å². The Labute approximate surface area is 150 Å². The van der Waals surface area contributed by atoms with E-state index in [-0.39, 0.29) is 24.7 Å². The highest BCUT2D eigenvalue weighted by Crippen LogP contribution is 2.18. The number of amides is 2. The van der Waals surface area contributed by atoms with E-state index >= 15 is 0 Å². The lowest BCUT2D eigenvalue weighted by Gasteiger charge is -2.34. The molecular weight excluding hydrogens is 338 g/mol. The number of benzene rings is 1. The topological polar surface area (TPSA) is 93.0 Å². The van der Waals surface area contributed by atoms with Crippen LogP contribution in [0.2, 0.25) is 0 Å². The number of hydrogen-bond donors (Lipinski definition) is 0. The second-order valence-electron chi connectivity index (χ2n) is 6.16. The van der Waals surface area contributed by atoms with Crippen LogP contribution in [0.1, 0.15) is 29.1 Å². The van der Waals surface area contributed by atoms with Crippen molar-refractivity contribution >= 4 is 28.9 Å². The molecule has 26 heavy (non-hydrogen) atoms. The van der Waals surface area contributed by atoms with Gasteiger partial charge in [-0.2, -0.15) is 0 Å². The highest BCUT2D eigenvalue weighted by molar-refractivity contribution is 5.97. The zero-order valence-corrected chi connectivity index (χ0v) is 14.9. The first kappa shape index (κ1) is 17.9. The van der Waals surface area contributed by atoms with Crippen molar-refractivity contribution < 1.29 is 23.5 Å². The summed E-state index contributed by atoms with van der Waals surface area (Å²) in [6.45, 7) is 3.58. The van der Waals surface area contributed by atoms with Crippen molar-refractivity contribution in [1.29, 1.82) is 0 Å². The third-order valence-corrected chi connectivity index (χ3v) is 4.43. The third-order valence-electron chi connectivity index (χ3n) is 4.43. The Hall–Kier alpha value is -2.90. The van der Waals surface area contributed by atoms with Gasteiger partial charge in [0, 0.05) is 45.1 Å². The van der Waals surface area contributed by atoms with Crippen molar-refractivity contribution in [2.45, 2.75) is 19.8 Å². The predicted octanol–water partition coefficient (Wildman–Crippen LogP) is 1.37. The van der Waals surface area contributed by atoms with Gasteiger partial charge in [0.25, 0.3) is 5.91 Å². The number of nitrogens with zero attached hydrogens (tertiary/aromatic N) is 3. The number of aryl methyl sites for hydroxylation is 1. The van der Waals surface area contributed by atoms with Crippen LogP contribution in [0.5, 0.6) is 0 Å². The zero-order valence-electron chi connectivity index (χ0n) is 14.9. The molecule has 0 radical (unpaired) electrons. The molecule has 8 nitrogen and oxygen atoms in total. The van der Waals surface area contributed by atoms with Crippen LogP contribution in [0.3, 0.4) is 0 Å². The number of carbonyl (C=O) groups excluding carboxylic acids is 3. The quantitative estimate of drug-likeness (QED) is 0.766. The Bertz CT molecular complexity index is 836. The number of piperazine rings is 1. The van der Waals surface area contributed by atoms with Gasteiger partial charge in [0.05, 0.1) is 13.5 Å². The normalized spacial score (nSPS) is 14.5. The van der Waals surface area contributed by atoms with Crippen LogP contribution in [0.25, 0.3) is 11.1 Å². The Morgan fingerprint density at radius 3 is 2.50 bits per heavy atom. The Balaban J connectivity index is 1.57. The summed E-state index contributed by atoms with van der Waals surface area (Å²) in [5.41, 5.74) is 1.85. The third kappa shape index (κ3) is 3.84. The molecule has 0 spiro atoms. The number of esters is 1. The van der Waals surface area contributed by atoms with E-state index < -0.39 is 5.97 Å². The minimum Gasteiger partial charge on any atom is -0.469 e. The molecule has 0 atom stereocenters. The molecule has 1 aromatic carbocycles. The SMILES string of the molecule is COC(=O)CCC(=O)N1CCN(C(=O)c2ccc3nc(C)oc3c2)CC1. The van der Waals surface area contributed by atoms with Crippen molar-refractivity contribution in [1.82, 2.24) is 14.8 Å². The first-order valence-corrected chi connectivity index (χ1v) is 8.49. The van der Waals surface area contributed by atoms with E-state index in [2.05, 4.69) is 9.72 Å². The fraction of sp³-hybridized carbons (Fsp3) is 0.444. The minimum absolute atomic E-state index is 0.0745. The standard InChI is InChI=1S/C18H21N3O5/c1-12-19-14-4-3-13(11-15(14)26-12)18(24)21-9-7-20(8-10-21)16(22)5-6-17(23)25-2/h3-4,11H,5-10H2,1-2H3. The summed E-state index contributed by atoms with van der Waals surface area (Å²) in [4.78, 5) is 43.5. The lowest BCUT2D eigenvalue weighted by molar-refractivity contribution is -0.143. The van der Waals surface area contributed by atoms with Gasteiger partial charge >= 0.3 is 5.97 Å². The summed E-state index contributed by atoms with van der Waals surface area (Å²) in [7, 11) is 1.30. The van der Waals surface area contributed by atoms with Crippen LogP contribution in [-0.4, -0.2) is 65.9 Å². The average molecular weight is 359 g/mol. The lowest BCUT2D eigenvalue weighted by Crippen LogP contribution is -2.50. The smallest absolute Gasteiger partial charge is 0.306 e. The molecule has 2 amide bonds. The van der Waals surface area contributed by atoms with Crippen LogP contribution in [0.4, 0.5) is 0 Å². The number of rotatable bonds is 4. The van der Waals surface area contributed by atoms with Crippen molar-refractivity contribution in [2.75, 3.05) is 33.3 Å². The summed E-state index contributed by atoms with van der Waals surface area (Å²) >= 11 is 0. The molecule has 1 aromatic heterocycles. The van der Waals surface area contributed by atoms with E-state index in [1.165, 1.54) is 7.11 Å². The molecule has 1 aliphatic rings. The van der Waals surface area contributed by atoms with Crippen LogP contribution >= 0.6 is 0 Å². The molecule has 0 N–H and O–H groups in total. The largest absolute Gasteiger partial charge is 0.469 e. The van der Waals surface area contributed by atoms with Gasteiger partial charge in [-0.05, 0) is 18.2 Å². The summed E-state index contributed by atoms with van der Waals surface area (Å²) < 4.78 is 10.0. The van der Waals surface area contributed by atoms with Crippen LogP contribution in [0.15, 0.2) is 22.6 Å². The molecule has 1 aliphatic heterocycles. The fourth-order valence-corrected chi connectivity index (χ4v) is 2.98. The molecular formula is C18H21N3O5. The summed E-state index contributed by atoms with van der Waals surface area (Å²) in [5, 5.41) is 0. The maximum absolute atomic E-state index is 12.7.